The molecule has 6 nitrogen and oxygen atoms in total. The third-order valence-electron chi connectivity index (χ3n) is 5.60. The maximum atomic E-state index is 12.7. The lowest BCUT2D eigenvalue weighted by Gasteiger charge is -2.37. The molecule has 1 N–H and O–H groups in total. The predicted molar refractivity (Wildman–Crippen MR) is 91.6 cm³/mol. The fourth-order valence-corrected chi connectivity index (χ4v) is 3.69. The van der Waals surface area contributed by atoms with Crippen molar-refractivity contribution in [2.24, 2.45) is 5.92 Å². The number of amides is 2. The van der Waals surface area contributed by atoms with Gasteiger partial charge >= 0.3 is 0 Å². The fraction of sp³-hybridized carbons (Fsp3) is 0.889. The van der Waals surface area contributed by atoms with Crippen LogP contribution in [0.4, 0.5) is 0 Å². The van der Waals surface area contributed by atoms with Crippen LogP contribution in [0.3, 0.4) is 0 Å². The molecule has 3 fully saturated rings. The molecule has 2 aliphatic heterocycles. The van der Waals surface area contributed by atoms with Gasteiger partial charge in [0.25, 0.3) is 0 Å². The molecule has 2 amide bonds. The molecule has 0 aromatic rings. The summed E-state index contributed by atoms with van der Waals surface area (Å²) in [5.74, 6) is 1.04. The molecule has 6 heteroatoms. The van der Waals surface area contributed by atoms with Crippen molar-refractivity contribution in [1.82, 2.24) is 15.1 Å². The van der Waals surface area contributed by atoms with E-state index in [2.05, 4.69) is 10.2 Å². The van der Waals surface area contributed by atoms with E-state index in [1.807, 2.05) is 11.8 Å². The van der Waals surface area contributed by atoms with Crippen LogP contribution in [0.5, 0.6) is 0 Å². The molecule has 0 aromatic carbocycles. The molecular weight excluding hydrogens is 306 g/mol. The van der Waals surface area contributed by atoms with E-state index < -0.39 is 0 Å². The molecule has 1 unspecified atom stereocenters. The number of ether oxygens (including phenoxy) is 1. The number of morpholine rings is 1. The Kier molecular flexibility index (Phi) is 6.11. The van der Waals surface area contributed by atoms with Crippen molar-refractivity contribution >= 4 is 11.8 Å². The summed E-state index contributed by atoms with van der Waals surface area (Å²) in [4.78, 5) is 28.7. The van der Waals surface area contributed by atoms with Crippen molar-refractivity contribution < 1.29 is 14.3 Å². The second-order valence-corrected chi connectivity index (χ2v) is 7.47. The molecule has 0 bridgehead atoms. The van der Waals surface area contributed by atoms with Gasteiger partial charge in [-0.25, -0.2) is 0 Å². The quantitative estimate of drug-likeness (QED) is 0.786. The molecular formula is C18H31N3O3. The van der Waals surface area contributed by atoms with E-state index in [0.717, 1.165) is 71.5 Å². The van der Waals surface area contributed by atoms with Gasteiger partial charge in [-0.05, 0) is 44.9 Å². The maximum Gasteiger partial charge on any atom is 0.239 e. The summed E-state index contributed by atoms with van der Waals surface area (Å²) in [6.45, 7) is 6.83. The van der Waals surface area contributed by atoms with Gasteiger partial charge in [0.15, 0.2) is 0 Å². The highest BCUT2D eigenvalue weighted by atomic mass is 16.5. The molecule has 3 rings (SSSR count). The number of piperidine rings is 1. The third kappa shape index (κ3) is 4.93. The van der Waals surface area contributed by atoms with Gasteiger partial charge in [-0.2, -0.15) is 0 Å². The highest BCUT2D eigenvalue weighted by Gasteiger charge is 2.30. The number of nitrogens with zero attached hydrogens (tertiary/aromatic N) is 2. The summed E-state index contributed by atoms with van der Waals surface area (Å²) in [6.07, 6.45) is 5.94. The molecule has 1 aliphatic carbocycles. The van der Waals surface area contributed by atoms with Crippen LogP contribution in [-0.2, 0) is 14.3 Å². The van der Waals surface area contributed by atoms with Crippen LogP contribution in [0.15, 0.2) is 0 Å². The van der Waals surface area contributed by atoms with Gasteiger partial charge in [-0.1, -0.05) is 0 Å². The first-order chi connectivity index (χ1) is 11.6. The predicted octanol–water partition coefficient (Wildman–Crippen LogP) is 1.00. The van der Waals surface area contributed by atoms with Crippen LogP contribution in [-0.4, -0.2) is 73.1 Å². The van der Waals surface area contributed by atoms with Crippen molar-refractivity contribution in [2.75, 3.05) is 39.4 Å². The average Bonchev–Trinajstić information content (AvgIpc) is 3.44. The molecule has 2 saturated heterocycles. The molecule has 0 radical (unpaired) electrons. The molecule has 136 valence electrons. The van der Waals surface area contributed by atoms with Crippen LogP contribution in [0, 0.1) is 5.92 Å². The van der Waals surface area contributed by atoms with Gasteiger partial charge in [0, 0.05) is 38.6 Å². The lowest BCUT2D eigenvalue weighted by atomic mass is 9.91. The minimum Gasteiger partial charge on any atom is -0.379 e. The number of hydrogen-bond donors (Lipinski definition) is 1. The number of hydrogen-bond acceptors (Lipinski definition) is 4. The lowest BCUT2D eigenvalue weighted by Crippen LogP contribution is -2.52. The van der Waals surface area contributed by atoms with Crippen molar-refractivity contribution in [3.8, 4) is 0 Å². The monoisotopic (exact) mass is 337 g/mol. The van der Waals surface area contributed by atoms with Gasteiger partial charge < -0.3 is 15.0 Å². The Morgan fingerprint density at radius 1 is 1.08 bits per heavy atom. The number of nitrogens with one attached hydrogen (secondary N) is 1. The summed E-state index contributed by atoms with van der Waals surface area (Å²) < 4.78 is 5.36. The zero-order chi connectivity index (χ0) is 16.9. The van der Waals surface area contributed by atoms with Crippen LogP contribution < -0.4 is 5.32 Å². The number of carbonyl (C=O) groups excluding carboxylic acids is 2. The van der Waals surface area contributed by atoms with Crippen LogP contribution in [0.25, 0.3) is 0 Å². The molecule has 1 atom stereocenters. The maximum absolute atomic E-state index is 12.7. The Morgan fingerprint density at radius 2 is 1.75 bits per heavy atom. The van der Waals surface area contributed by atoms with Gasteiger partial charge in [0.1, 0.15) is 0 Å². The van der Waals surface area contributed by atoms with E-state index in [1.165, 1.54) is 0 Å². The summed E-state index contributed by atoms with van der Waals surface area (Å²) in [7, 11) is 0. The third-order valence-corrected chi connectivity index (χ3v) is 5.60. The molecule has 3 aliphatic rings. The molecule has 24 heavy (non-hydrogen) atoms. The lowest BCUT2D eigenvalue weighted by molar-refractivity contribution is -0.139. The van der Waals surface area contributed by atoms with Crippen LogP contribution in [0.2, 0.25) is 0 Å². The van der Waals surface area contributed by atoms with Gasteiger partial charge in [0.2, 0.25) is 11.8 Å². The minimum absolute atomic E-state index is 0.0465. The standard InChI is InChI=1S/C18H31N3O3/c1-14(20-10-12-24-13-11-20)18(23)21-8-6-15(7-9-21)2-5-17(22)19-16-3-4-16/h14-16H,2-13H2,1H3,(H,19,22). The van der Waals surface area contributed by atoms with E-state index in [-0.39, 0.29) is 17.9 Å². The number of carbonyl (C=O) groups is 2. The Hall–Kier alpha value is -1.14. The highest BCUT2D eigenvalue weighted by Crippen LogP contribution is 2.24. The van der Waals surface area contributed by atoms with E-state index >= 15 is 0 Å². The second kappa shape index (κ2) is 8.30. The second-order valence-electron chi connectivity index (χ2n) is 7.47. The zero-order valence-corrected chi connectivity index (χ0v) is 14.8. The normalized spacial score (nSPS) is 24.6. The number of likely N-dealkylation sites (tertiary alicyclic amines) is 1. The molecule has 0 spiro atoms. The molecule has 0 aromatic heterocycles. The topological polar surface area (TPSA) is 61.9 Å². The Bertz CT molecular complexity index is 439. The van der Waals surface area contributed by atoms with E-state index in [9.17, 15) is 9.59 Å². The van der Waals surface area contributed by atoms with Crippen LogP contribution >= 0.6 is 0 Å². The van der Waals surface area contributed by atoms with E-state index in [4.69, 9.17) is 4.74 Å². The first kappa shape index (κ1) is 17.7. The van der Waals surface area contributed by atoms with Crippen molar-refractivity contribution in [1.29, 1.82) is 0 Å². The largest absolute Gasteiger partial charge is 0.379 e. The van der Waals surface area contributed by atoms with Crippen LogP contribution in [0.1, 0.15) is 45.4 Å². The smallest absolute Gasteiger partial charge is 0.239 e. The van der Waals surface area contributed by atoms with Crippen molar-refractivity contribution in [3.05, 3.63) is 0 Å². The highest BCUT2D eigenvalue weighted by molar-refractivity contribution is 5.81. The van der Waals surface area contributed by atoms with Crippen molar-refractivity contribution in [2.45, 2.75) is 57.5 Å². The number of rotatable bonds is 6. The summed E-state index contributed by atoms with van der Waals surface area (Å²) in [5, 5.41) is 3.05. The molecule has 1 saturated carbocycles. The minimum atomic E-state index is -0.0465. The van der Waals surface area contributed by atoms with Gasteiger partial charge in [-0.3, -0.25) is 14.5 Å². The fourth-order valence-electron chi connectivity index (χ4n) is 3.69. The van der Waals surface area contributed by atoms with E-state index in [0.29, 0.717) is 18.4 Å². The van der Waals surface area contributed by atoms with Gasteiger partial charge in [0.05, 0.1) is 19.3 Å². The zero-order valence-electron chi connectivity index (χ0n) is 14.8. The summed E-state index contributed by atoms with van der Waals surface area (Å²) >= 11 is 0. The van der Waals surface area contributed by atoms with E-state index in [1.54, 1.807) is 0 Å². The Morgan fingerprint density at radius 3 is 2.38 bits per heavy atom. The Balaban J connectivity index is 1.36. The molecule has 2 heterocycles. The SMILES string of the molecule is CC(C(=O)N1CCC(CCC(=O)NC2CC2)CC1)N1CCOCC1. The van der Waals surface area contributed by atoms with Gasteiger partial charge in [-0.15, -0.1) is 0 Å². The Labute approximate surface area is 144 Å². The first-order valence-electron chi connectivity index (χ1n) is 9.53. The summed E-state index contributed by atoms with van der Waals surface area (Å²) in [6, 6.07) is 0.411. The average molecular weight is 337 g/mol. The van der Waals surface area contributed by atoms with Crippen molar-refractivity contribution in [3.63, 3.8) is 0 Å². The summed E-state index contributed by atoms with van der Waals surface area (Å²) in [5.41, 5.74) is 0. The first-order valence-corrected chi connectivity index (χ1v) is 9.53.